The maximum atomic E-state index is 13.0. The lowest BCUT2D eigenvalue weighted by atomic mass is 9.99. The molecule has 0 aromatic heterocycles. The molecule has 1 aliphatic rings. The molecule has 0 saturated carbocycles. The highest BCUT2D eigenvalue weighted by molar-refractivity contribution is 5.76. The van der Waals surface area contributed by atoms with E-state index in [2.05, 4.69) is 19.2 Å². The number of rotatable bonds is 53. The van der Waals surface area contributed by atoms with Gasteiger partial charge in [0.05, 0.1) is 25.4 Å². The first-order valence-corrected chi connectivity index (χ1v) is 30.4. The number of carbonyl (C=O) groups is 1. The van der Waals surface area contributed by atoms with Gasteiger partial charge in [-0.15, -0.1) is 0 Å². The van der Waals surface area contributed by atoms with Crippen molar-refractivity contribution in [2.24, 2.45) is 0 Å². The largest absolute Gasteiger partial charge is 0.394 e. The number of ether oxygens (including phenoxy) is 2. The van der Waals surface area contributed by atoms with Gasteiger partial charge >= 0.3 is 0 Å². The van der Waals surface area contributed by atoms with Gasteiger partial charge in [-0.3, -0.25) is 4.79 Å². The Labute approximate surface area is 426 Å². The van der Waals surface area contributed by atoms with Crippen LogP contribution in [0.25, 0.3) is 0 Å². The number of nitrogens with one attached hydrogen (secondary N) is 1. The molecule has 9 heteroatoms. The third kappa shape index (κ3) is 40.1. The zero-order chi connectivity index (χ0) is 50.1. The Morgan fingerprint density at radius 1 is 0.478 bits per heavy atom. The minimum absolute atomic E-state index is 0.171. The van der Waals surface area contributed by atoms with Crippen molar-refractivity contribution in [1.29, 1.82) is 0 Å². The van der Waals surface area contributed by atoms with E-state index in [1.165, 1.54) is 250 Å². The molecule has 0 spiro atoms. The van der Waals surface area contributed by atoms with Gasteiger partial charge in [-0.2, -0.15) is 0 Å². The molecule has 1 rings (SSSR count). The minimum atomic E-state index is -1.56. The summed E-state index contributed by atoms with van der Waals surface area (Å²) in [4.78, 5) is 13.0. The van der Waals surface area contributed by atoms with Crippen molar-refractivity contribution in [1.82, 2.24) is 5.32 Å². The Hall–Kier alpha value is -1.07. The van der Waals surface area contributed by atoms with Gasteiger partial charge in [0.15, 0.2) is 6.29 Å². The van der Waals surface area contributed by atoms with Crippen molar-refractivity contribution >= 4 is 5.91 Å². The van der Waals surface area contributed by atoms with Crippen LogP contribution < -0.4 is 5.32 Å². The van der Waals surface area contributed by atoms with Gasteiger partial charge in [-0.1, -0.05) is 296 Å². The van der Waals surface area contributed by atoms with E-state index in [1.54, 1.807) is 6.08 Å². The normalized spacial score (nSPS) is 19.4. The number of allylic oxidation sites excluding steroid dienone is 1. The Morgan fingerprint density at radius 3 is 1.13 bits per heavy atom. The highest BCUT2D eigenvalue weighted by Gasteiger charge is 2.44. The molecular weight excluding hydrogens is 863 g/mol. The van der Waals surface area contributed by atoms with E-state index in [1.807, 2.05) is 6.08 Å². The molecule has 0 aliphatic carbocycles. The first-order valence-electron chi connectivity index (χ1n) is 30.4. The topological polar surface area (TPSA) is 149 Å². The van der Waals surface area contributed by atoms with Crippen LogP contribution >= 0.6 is 0 Å². The van der Waals surface area contributed by atoms with E-state index in [0.29, 0.717) is 6.42 Å². The summed E-state index contributed by atoms with van der Waals surface area (Å²) in [5.41, 5.74) is 0. The average molecular weight is 981 g/mol. The van der Waals surface area contributed by atoms with Crippen molar-refractivity contribution in [3.05, 3.63) is 12.2 Å². The van der Waals surface area contributed by atoms with E-state index in [9.17, 15) is 30.3 Å². The maximum absolute atomic E-state index is 13.0. The molecule has 1 saturated heterocycles. The summed E-state index contributed by atoms with van der Waals surface area (Å²) in [6, 6.07) is -0.800. The number of aliphatic hydroxyl groups excluding tert-OH is 5. The van der Waals surface area contributed by atoms with Crippen LogP contribution in [0.4, 0.5) is 0 Å². The summed E-state index contributed by atoms with van der Waals surface area (Å²) in [7, 11) is 0. The van der Waals surface area contributed by atoms with Gasteiger partial charge in [0.1, 0.15) is 24.4 Å². The monoisotopic (exact) mass is 980 g/mol. The van der Waals surface area contributed by atoms with Crippen LogP contribution in [0.15, 0.2) is 12.2 Å². The lowest BCUT2D eigenvalue weighted by molar-refractivity contribution is -0.302. The fraction of sp³-hybridized carbons (Fsp3) is 0.950. The fourth-order valence-corrected chi connectivity index (χ4v) is 10.0. The first-order chi connectivity index (χ1) is 33.8. The molecule has 0 bridgehead atoms. The standard InChI is InChI=1S/C60H117NO8/c1-3-5-7-9-11-13-15-17-19-20-21-22-23-24-25-26-27-28-29-30-31-32-33-34-35-36-37-39-41-43-45-47-49-54(63)53(52-68-60-59(67)58(66)57(65)55(51-62)69-60)61-56(64)50-48-46-44-42-40-38-18-16-14-12-10-8-6-4-2/h47,49,53-55,57-60,62-63,65-67H,3-46,48,50-52H2,1-2H3,(H,61,64)/b49-47+. The van der Waals surface area contributed by atoms with Crippen molar-refractivity contribution in [2.75, 3.05) is 13.2 Å². The number of hydrogen-bond acceptors (Lipinski definition) is 8. The molecule has 69 heavy (non-hydrogen) atoms. The van der Waals surface area contributed by atoms with Gasteiger partial charge in [0.2, 0.25) is 5.91 Å². The second kappa shape index (κ2) is 50.5. The Morgan fingerprint density at radius 2 is 0.797 bits per heavy atom. The summed E-state index contributed by atoms with van der Waals surface area (Å²) in [5, 5.41) is 54.5. The van der Waals surface area contributed by atoms with Gasteiger partial charge in [0, 0.05) is 6.42 Å². The smallest absolute Gasteiger partial charge is 0.220 e. The third-order valence-electron chi connectivity index (χ3n) is 14.9. The number of aliphatic hydroxyl groups is 5. The van der Waals surface area contributed by atoms with Gasteiger partial charge < -0.3 is 40.3 Å². The van der Waals surface area contributed by atoms with Crippen molar-refractivity contribution in [2.45, 2.75) is 352 Å². The first kappa shape index (κ1) is 65.9. The summed E-state index contributed by atoms with van der Waals surface area (Å²) in [5.74, 6) is -0.171. The molecule has 1 aliphatic heterocycles. The Kier molecular flexibility index (Phi) is 48.2. The number of hydrogen-bond donors (Lipinski definition) is 6. The van der Waals surface area contributed by atoms with E-state index >= 15 is 0 Å². The van der Waals surface area contributed by atoms with E-state index < -0.39 is 49.5 Å². The summed E-state index contributed by atoms with van der Waals surface area (Å²) < 4.78 is 11.3. The van der Waals surface area contributed by atoms with Gasteiger partial charge in [0.25, 0.3) is 0 Å². The second-order valence-corrected chi connectivity index (χ2v) is 21.5. The van der Waals surface area contributed by atoms with Crippen LogP contribution in [0, 0.1) is 0 Å². The molecule has 0 aromatic rings. The van der Waals surface area contributed by atoms with Gasteiger partial charge in [-0.25, -0.2) is 0 Å². The fourth-order valence-electron chi connectivity index (χ4n) is 10.0. The molecule has 1 fully saturated rings. The SMILES string of the molecule is CCCCCCCCCCCCCCCCCCCCCCCCCCCCCCCC/C=C/C(O)C(COC1OC(CO)C(O)C(O)C1O)NC(=O)CCCCCCCCCCCCCCCC. The van der Waals surface area contributed by atoms with Gasteiger partial charge in [-0.05, 0) is 19.3 Å². The van der Waals surface area contributed by atoms with Crippen molar-refractivity contribution < 1.29 is 39.8 Å². The Balaban J connectivity index is 2.12. The molecule has 9 nitrogen and oxygen atoms in total. The number of unbranched alkanes of at least 4 members (excludes halogenated alkanes) is 43. The molecule has 6 N–H and O–H groups in total. The lowest BCUT2D eigenvalue weighted by Crippen LogP contribution is -2.60. The summed E-state index contributed by atoms with van der Waals surface area (Å²) >= 11 is 0. The predicted octanol–water partition coefficient (Wildman–Crippen LogP) is 15.2. The van der Waals surface area contributed by atoms with Crippen molar-refractivity contribution in [3.63, 3.8) is 0 Å². The van der Waals surface area contributed by atoms with Crippen LogP contribution in [-0.2, 0) is 14.3 Å². The van der Waals surface area contributed by atoms with Crippen molar-refractivity contribution in [3.8, 4) is 0 Å². The lowest BCUT2D eigenvalue weighted by Gasteiger charge is -2.40. The molecule has 1 heterocycles. The van der Waals surface area contributed by atoms with E-state index in [0.717, 1.165) is 38.5 Å². The quantitative estimate of drug-likeness (QED) is 0.0261. The number of carbonyl (C=O) groups excluding carboxylic acids is 1. The minimum Gasteiger partial charge on any atom is -0.394 e. The zero-order valence-corrected chi connectivity index (χ0v) is 45.6. The number of amides is 1. The highest BCUT2D eigenvalue weighted by Crippen LogP contribution is 2.23. The van der Waals surface area contributed by atoms with Crippen LogP contribution in [0.5, 0.6) is 0 Å². The third-order valence-corrected chi connectivity index (χ3v) is 14.9. The average Bonchev–Trinajstić information content (AvgIpc) is 3.35. The molecule has 7 unspecified atom stereocenters. The maximum Gasteiger partial charge on any atom is 0.220 e. The van der Waals surface area contributed by atoms with Crippen LogP contribution in [-0.4, -0.2) is 87.5 Å². The molecule has 0 radical (unpaired) electrons. The molecular formula is C60H117NO8. The molecule has 410 valence electrons. The zero-order valence-electron chi connectivity index (χ0n) is 45.6. The van der Waals surface area contributed by atoms with Crippen LogP contribution in [0.2, 0.25) is 0 Å². The second-order valence-electron chi connectivity index (χ2n) is 21.5. The Bertz CT molecular complexity index is 1090. The van der Waals surface area contributed by atoms with Crippen LogP contribution in [0.1, 0.15) is 309 Å². The molecule has 0 aromatic carbocycles. The summed E-state index contributed by atoms with van der Waals surface area (Å²) in [6.07, 6.45) is 55.9. The molecule has 7 atom stereocenters. The molecule has 1 amide bonds. The van der Waals surface area contributed by atoms with Crippen LogP contribution in [0.3, 0.4) is 0 Å². The predicted molar refractivity (Wildman–Crippen MR) is 291 cm³/mol. The highest BCUT2D eigenvalue weighted by atomic mass is 16.7. The van der Waals surface area contributed by atoms with E-state index in [-0.39, 0.29) is 12.5 Å². The summed E-state index contributed by atoms with van der Waals surface area (Å²) in [6.45, 7) is 3.81. The van der Waals surface area contributed by atoms with E-state index in [4.69, 9.17) is 9.47 Å².